The van der Waals surface area contributed by atoms with Crippen molar-refractivity contribution < 1.29 is 4.39 Å². The largest absolute Gasteiger partial charge is 0.398 e. The van der Waals surface area contributed by atoms with Crippen LogP contribution in [-0.4, -0.2) is 9.66 Å². The van der Waals surface area contributed by atoms with E-state index in [2.05, 4.69) is 15.6 Å². The van der Waals surface area contributed by atoms with Crippen LogP contribution in [0.15, 0.2) is 59.4 Å². The van der Waals surface area contributed by atoms with Crippen LogP contribution < -0.4 is 27.8 Å². The second-order valence-corrected chi connectivity index (χ2v) is 5.69. The number of nitrogens with one attached hydrogen (secondary N) is 2. The van der Waals surface area contributed by atoms with Gasteiger partial charge in [-0.2, -0.15) is 4.68 Å². The van der Waals surface area contributed by atoms with Crippen LogP contribution in [0.3, 0.4) is 0 Å². The van der Waals surface area contributed by atoms with Crippen LogP contribution in [0.2, 0.25) is 0 Å². The molecule has 1 aromatic heterocycles. The topological polar surface area (TPSA) is 111 Å². The molecule has 0 spiro atoms. The number of rotatable bonds is 6. The van der Waals surface area contributed by atoms with Crippen molar-refractivity contribution in [2.24, 2.45) is 0 Å². The molecule has 8 heteroatoms. The number of nitrogens with two attached hydrogens (primary N) is 2. The van der Waals surface area contributed by atoms with Crippen molar-refractivity contribution >= 4 is 17.3 Å². The van der Waals surface area contributed by atoms with Gasteiger partial charge in [-0.05, 0) is 35.9 Å². The first-order valence-electron chi connectivity index (χ1n) is 7.97. The third-order valence-electron chi connectivity index (χ3n) is 3.82. The first-order chi connectivity index (χ1) is 12.5. The van der Waals surface area contributed by atoms with E-state index in [-0.39, 0.29) is 17.3 Å². The molecule has 0 aliphatic rings. The van der Waals surface area contributed by atoms with E-state index in [1.165, 1.54) is 18.2 Å². The van der Waals surface area contributed by atoms with Gasteiger partial charge in [0.1, 0.15) is 5.82 Å². The summed E-state index contributed by atoms with van der Waals surface area (Å²) in [7, 11) is 0. The highest BCUT2D eigenvalue weighted by atomic mass is 19.1. The van der Waals surface area contributed by atoms with Crippen molar-refractivity contribution in [3.63, 3.8) is 0 Å². The summed E-state index contributed by atoms with van der Waals surface area (Å²) in [6.45, 7) is 0.676. The molecule has 0 aliphatic carbocycles. The highest BCUT2D eigenvalue weighted by Crippen LogP contribution is 2.13. The molecule has 0 aliphatic heterocycles. The van der Waals surface area contributed by atoms with Gasteiger partial charge in [-0.3, -0.25) is 4.79 Å². The van der Waals surface area contributed by atoms with Gasteiger partial charge >= 0.3 is 0 Å². The molecular weight excluding hydrogens is 335 g/mol. The SMILES string of the molecule is Nc1ccccc1CNc1nc(CNc2ccc(F)cc2)cc(=O)n1N. The molecule has 6 N–H and O–H groups in total. The van der Waals surface area contributed by atoms with Crippen molar-refractivity contribution in [3.8, 4) is 0 Å². The number of nitrogen functional groups attached to an aromatic ring is 2. The smallest absolute Gasteiger partial charge is 0.273 e. The first kappa shape index (κ1) is 17.3. The van der Waals surface area contributed by atoms with E-state index >= 15 is 0 Å². The van der Waals surface area contributed by atoms with Gasteiger partial charge in [0.25, 0.3) is 5.56 Å². The van der Waals surface area contributed by atoms with Crippen molar-refractivity contribution in [2.75, 3.05) is 22.2 Å². The molecule has 0 saturated carbocycles. The highest BCUT2D eigenvalue weighted by molar-refractivity contribution is 5.48. The molecule has 3 aromatic rings. The minimum atomic E-state index is -0.389. The van der Waals surface area contributed by atoms with Crippen molar-refractivity contribution in [1.82, 2.24) is 9.66 Å². The van der Waals surface area contributed by atoms with E-state index in [1.807, 2.05) is 18.2 Å². The van der Waals surface area contributed by atoms with Gasteiger partial charge in [0.05, 0.1) is 12.2 Å². The Morgan fingerprint density at radius 3 is 2.50 bits per heavy atom. The van der Waals surface area contributed by atoms with E-state index in [0.29, 0.717) is 24.5 Å². The maximum atomic E-state index is 12.9. The summed E-state index contributed by atoms with van der Waals surface area (Å²) in [6.07, 6.45) is 0. The number of aromatic nitrogens is 2. The van der Waals surface area contributed by atoms with E-state index in [9.17, 15) is 9.18 Å². The summed E-state index contributed by atoms with van der Waals surface area (Å²) in [5.74, 6) is 5.68. The summed E-state index contributed by atoms with van der Waals surface area (Å²) < 4.78 is 13.9. The Bertz CT molecular complexity index is 955. The number of halogens is 1. The molecule has 0 saturated heterocycles. The number of anilines is 3. The zero-order valence-electron chi connectivity index (χ0n) is 13.9. The van der Waals surface area contributed by atoms with E-state index in [0.717, 1.165) is 15.9 Å². The fraction of sp³-hybridized carbons (Fsp3) is 0.111. The summed E-state index contributed by atoms with van der Waals surface area (Å²) in [5, 5.41) is 6.11. The molecule has 0 unspecified atom stereocenters. The summed E-state index contributed by atoms with van der Waals surface area (Å²) in [6, 6.07) is 14.7. The van der Waals surface area contributed by atoms with Gasteiger partial charge in [0.2, 0.25) is 5.95 Å². The number of para-hydroxylation sites is 1. The van der Waals surface area contributed by atoms with Crippen LogP contribution in [-0.2, 0) is 13.1 Å². The number of hydrogen-bond donors (Lipinski definition) is 4. The predicted molar refractivity (Wildman–Crippen MR) is 101 cm³/mol. The van der Waals surface area contributed by atoms with Crippen molar-refractivity contribution in [1.29, 1.82) is 0 Å². The van der Waals surface area contributed by atoms with E-state index in [4.69, 9.17) is 11.6 Å². The van der Waals surface area contributed by atoms with Gasteiger partial charge in [-0.1, -0.05) is 18.2 Å². The molecule has 0 radical (unpaired) electrons. The maximum absolute atomic E-state index is 12.9. The van der Waals surface area contributed by atoms with E-state index < -0.39 is 0 Å². The Morgan fingerprint density at radius 2 is 1.77 bits per heavy atom. The third-order valence-corrected chi connectivity index (χ3v) is 3.82. The summed E-state index contributed by atoms with van der Waals surface area (Å²) >= 11 is 0. The van der Waals surface area contributed by atoms with Crippen LogP contribution in [0.4, 0.5) is 21.7 Å². The van der Waals surface area contributed by atoms with E-state index in [1.54, 1.807) is 18.2 Å². The first-order valence-corrected chi connectivity index (χ1v) is 7.97. The van der Waals surface area contributed by atoms with Crippen LogP contribution in [0, 0.1) is 5.82 Å². The Labute approximate surface area is 149 Å². The lowest BCUT2D eigenvalue weighted by atomic mass is 10.2. The third kappa shape index (κ3) is 4.10. The molecular formula is C18H19FN6O. The van der Waals surface area contributed by atoms with Gasteiger partial charge in [0.15, 0.2) is 0 Å². The Kier molecular flexibility index (Phi) is 5.02. The molecule has 2 aromatic carbocycles. The minimum absolute atomic E-state index is 0.233. The van der Waals surface area contributed by atoms with Crippen LogP contribution in [0.25, 0.3) is 0 Å². The van der Waals surface area contributed by atoms with Crippen LogP contribution in [0.5, 0.6) is 0 Å². The average Bonchev–Trinajstić information content (AvgIpc) is 2.64. The summed E-state index contributed by atoms with van der Waals surface area (Å²) in [4.78, 5) is 16.4. The lowest BCUT2D eigenvalue weighted by molar-refractivity contribution is 0.628. The number of nitrogens with zero attached hydrogens (tertiary/aromatic N) is 2. The fourth-order valence-electron chi connectivity index (χ4n) is 2.38. The zero-order chi connectivity index (χ0) is 18.5. The van der Waals surface area contributed by atoms with Gasteiger partial charge in [-0.15, -0.1) is 0 Å². The van der Waals surface area contributed by atoms with Crippen LogP contribution >= 0.6 is 0 Å². The lowest BCUT2D eigenvalue weighted by Crippen LogP contribution is -2.31. The lowest BCUT2D eigenvalue weighted by Gasteiger charge is -2.13. The second kappa shape index (κ2) is 7.56. The monoisotopic (exact) mass is 354 g/mol. The zero-order valence-corrected chi connectivity index (χ0v) is 13.9. The molecule has 0 bridgehead atoms. The molecule has 7 nitrogen and oxygen atoms in total. The van der Waals surface area contributed by atoms with Gasteiger partial charge in [0, 0.05) is 24.0 Å². The second-order valence-electron chi connectivity index (χ2n) is 5.69. The fourth-order valence-corrected chi connectivity index (χ4v) is 2.38. The maximum Gasteiger partial charge on any atom is 0.273 e. The molecule has 26 heavy (non-hydrogen) atoms. The highest BCUT2D eigenvalue weighted by Gasteiger charge is 2.07. The minimum Gasteiger partial charge on any atom is -0.398 e. The molecule has 134 valence electrons. The number of benzene rings is 2. The average molecular weight is 354 g/mol. The predicted octanol–water partition coefficient (Wildman–Crippen LogP) is 1.90. The molecule has 0 atom stereocenters. The summed E-state index contributed by atoms with van der Waals surface area (Å²) in [5.41, 5.74) is 8.25. The quantitative estimate of drug-likeness (QED) is 0.397. The molecule has 3 rings (SSSR count). The molecule has 0 fully saturated rings. The Balaban J connectivity index is 1.73. The van der Waals surface area contributed by atoms with Crippen molar-refractivity contribution in [2.45, 2.75) is 13.1 Å². The normalized spacial score (nSPS) is 10.5. The van der Waals surface area contributed by atoms with Gasteiger partial charge in [-0.25, -0.2) is 9.37 Å². The van der Waals surface area contributed by atoms with Crippen molar-refractivity contribution in [3.05, 3.63) is 82.0 Å². The molecule has 0 amide bonds. The van der Waals surface area contributed by atoms with Crippen LogP contribution in [0.1, 0.15) is 11.3 Å². The standard InChI is InChI=1S/C18H19FN6O/c19-13-5-7-14(8-6-13)22-11-15-9-17(26)25(21)18(24-15)23-10-12-3-1-2-4-16(12)20/h1-9,22H,10-11,20-21H2,(H,23,24). The molecule has 1 heterocycles. The Morgan fingerprint density at radius 1 is 1.04 bits per heavy atom. The number of hydrogen-bond acceptors (Lipinski definition) is 6. The van der Waals surface area contributed by atoms with Gasteiger partial charge < -0.3 is 22.2 Å². The Hall–Kier alpha value is -3.55.